The van der Waals surface area contributed by atoms with Crippen LogP contribution in [0.4, 0.5) is 4.39 Å². The molecule has 88 valence electrons. The molecule has 1 unspecified atom stereocenters. The van der Waals surface area contributed by atoms with E-state index in [1.165, 1.54) is 25.4 Å². The molecule has 0 saturated carbocycles. The summed E-state index contributed by atoms with van der Waals surface area (Å²) in [6, 6.07) is 2.70. The molecule has 0 aliphatic carbocycles. The van der Waals surface area contributed by atoms with Crippen molar-refractivity contribution in [1.29, 1.82) is 0 Å². The Bertz CT molecular complexity index is 393. The quantitative estimate of drug-likeness (QED) is 0.848. The summed E-state index contributed by atoms with van der Waals surface area (Å²) in [7, 11) is 1.28. The molecule has 0 aliphatic heterocycles. The third kappa shape index (κ3) is 2.19. The zero-order chi connectivity index (χ0) is 12.3. The second kappa shape index (κ2) is 4.57. The Balaban J connectivity index is 3.19. The van der Waals surface area contributed by atoms with Crippen molar-refractivity contribution in [3.8, 4) is 0 Å². The Kier molecular flexibility index (Phi) is 3.59. The van der Waals surface area contributed by atoms with Gasteiger partial charge in [0.25, 0.3) is 0 Å². The number of aliphatic carboxylic acids is 1. The van der Waals surface area contributed by atoms with Gasteiger partial charge in [-0.15, -0.1) is 0 Å². The minimum absolute atomic E-state index is 0.0873. The summed E-state index contributed by atoms with van der Waals surface area (Å²) in [5, 5.41) is 8.99. The predicted molar refractivity (Wildman–Crippen MR) is 55.7 cm³/mol. The fraction of sp³-hybridized carbons (Fsp3) is 0.455. The topological polar surface area (TPSA) is 59.4 Å². The summed E-state index contributed by atoms with van der Waals surface area (Å²) in [6.07, 6.45) is 0.284. The maximum atomic E-state index is 13.5. The number of rotatable bonds is 4. The average Bonchev–Trinajstić information content (AvgIpc) is 2.17. The van der Waals surface area contributed by atoms with E-state index in [4.69, 9.17) is 9.84 Å². The van der Waals surface area contributed by atoms with Crippen LogP contribution in [-0.4, -0.2) is 29.3 Å². The minimum Gasteiger partial charge on any atom is -0.479 e. The lowest BCUT2D eigenvalue weighted by Crippen LogP contribution is -2.42. The molecule has 1 rings (SSSR count). The molecular weight excluding hydrogens is 213 g/mol. The van der Waals surface area contributed by atoms with Gasteiger partial charge in [-0.3, -0.25) is 4.98 Å². The van der Waals surface area contributed by atoms with Gasteiger partial charge in [-0.2, -0.15) is 0 Å². The highest BCUT2D eigenvalue weighted by molar-refractivity contribution is 5.74. The first-order valence-corrected chi connectivity index (χ1v) is 4.78. The number of nitrogens with zero attached hydrogens (tertiary/aromatic N) is 1. The zero-order valence-electron chi connectivity index (χ0n) is 9.40. The molecule has 0 radical (unpaired) electrons. The lowest BCUT2D eigenvalue weighted by Gasteiger charge is -2.29. The predicted octanol–water partition coefficient (Wildman–Crippen LogP) is 1.60. The summed E-state index contributed by atoms with van der Waals surface area (Å²) < 4.78 is 18.4. The van der Waals surface area contributed by atoms with E-state index in [1.54, 1.807) is 13.8 Å². The number of carboxylic acids is 1. The summed E-state index contributed by atoms with van der Waals surface area (Å²) >= 11 is 0. The standard InChI is InChI=1S/C11H14FNO3/c1-11(2,9(16-3)10(14)15)8-7(12)5-4-6-13-8/h4-6,9H,1-3H3,(H,14,15). The molecule has 1 aromatic rings. The van der Waals surface area contributed by atoms with Crippen LogP contribution in [0, 0.1) is 5.82 Å². The lowest BCUT2D eigenvalue weighted by molar-refractivity contribution is -0.152. The number of aromatic nitrogens is 1. The number of halogens is 1. The Morgan fingerprint density at radius 2 is 2.25 bits per heavy atom. The van der Waals surface area contributed by atoms with E-state index in [2.05, 4.69) is 4.98 Å². The summed E-state index contributed by atoms with van der Waals surface area (Å²) in [6.45, 7) is 3.17. The molecule has 0 aromatic carbocycles. The van der Waals surface area contributed by atoms with Crippen molar-refractivity contribution in [2.45, 2.75) is 25.4 Å². The van der Waals surface area contributed by atoms with Gasteiger partial charge in [-0.05, 0) is 12.1 Å². The van der Waals surface area contributed by atoms with Gasteiger partial charge in [0.2, 0.25) is 0 Å². The SMILES string of the molecule is COC(C(=O)O)C(C)(C)c1ncccc1F. The van der Waals surface area contributed by atoms with E-state index in [0.29, 0.717) is 0 Å². The van der Waals surface area contributed by atoms with E-state index in [-0.39, 0.29) is 5.69 Å². The number of carbonyl (C=O) groups is 1. The fourth-order valence-corrected chi connectivity index (χ4v) is 1.69. The van der Waals surface area contributed by atoms with Gasteiger partial charge in [-0.25, -0.2) is 9.18 Å². The van der Waals surface area contributed by atoms with Gasteiger partial charge in [-0.1, -0.05) is 13.8 Å². The van der Waals surface area contributed by atoms with Crippen LogP contribution in [0.2, 0.25) is 0 Å². The van der Waals surface area contributed by atoms with Crippen LogP contribution in [-0.2, 0) is 14.9 Å². The lowest BCUT2D eigenvalue weighted by atomic mass is 9.82. The zero-order valence-corrected chi connectivity index (χ0v) is 9.40. The van der Waals surface area contributed by atoms with E-state index in [0.717, 1.165) is 0 Å². The second-order valence-corrected chi connectivity index (χ2v) is 4.01. The normalized spacial score (nSPS) is 13.5. The number of hydrogen-bond acceptors (Lipinski definition) is 3. The molecular formula is C11H14FNO3. The van der Waals surface area contributed by atoms with E-state index in [9.17, 15) is 9.18 Å². The highest BCUT2D eigenvalue weighted by Crippen LogP contribution is 2.29. The van der Waals surface area contributed by atoms with Crippen LogP contribution >= 0.6 is 0 Å². The van der Waals surface area contributed by atoms with Crippen molar-refractivity contribution < 1.29 is 19.0 Å². The Morgan fingerprint density at radius 1 is 1.62 bits per heavy atom. The molecule has 0 saturated heterocycles. The molecule has 4 nitrogen and oxygen atoms in total. The van der Waals surface area contributed by atoms with E-state index < -0.39 is 23.3 Å². The van der Waals surface area contributed by atoms with Crippen LogP contribution in [0.25, 0.3) is 0 Å². The van der Waals surface area contributed by atoms with E-state index >= 15 is 0 Å². The van der Waals surface area contributed by atoms with Crippen LogP contribution in [0.1, 0.15) is 19.5 Å². The van der Waals surface area contributed by atoms with Gasteiger partial charge in [0.1, 0.15) is 5.82 Å². The van der Waals surface area contributed by atoms with Crippen LogP contribution in [0.5, 0.6) is 0 Å². The summed E-state index contributed by atoms with van der Waals surface area (Å²) in [5.74, 6) is -1.67. The van der Waals surface area contributed by atoms with E-state index in [1.807, 2.05) is 0 Å². The largest absolute Gasteiger partial charge is 0.479 e. The first kappa shape index (κ1) is 12.6. The first-order chi connectivity index (χ1) is 7.41. The molecule has 1 heterocycles. The summed E-state index contributed by atoms with van der Waals surface area (Å²) in [5.41, 5.74) is -0.949. The molecule has 5 heteroatoms. The van der Waals surface area contributed by atoms with Crippen molar-refractivity contribution in [1.82, 2.24) is 4.98 Å². The second-order valence-electron chi connectivity index (χ2n) is 4.01. The van der Waals surface area contributed by atoms with Crippen molar-refractivity contribution in [3.63, 3.8) is 0 Å². The summed E-state index contributed by atoms with van der Waals surface area (Å²) in [4.78, 5) is 14.9. The number of methoxy groups -OCH3 is 1. The molecule has 1 atom stereocenters. The van der Waals surface area contributed by atoms with Crippen molar-refractivity contribution in [2.75, 3.05) is 7.11 Å². The Hall–Kier alpha value is -1.49. The van der Waals surface area contributed by atoms with Crippen molar-refractivity contribution in [2.24, 2.45) is 0 Å². The first-order valence-electron chi connectivity index (χ1n) is 4.78. The smallest absolute Gasteiger partial charge is 0.333 e. The molecule has 0 amide bonds. The van der Waals surface area contributed by atoms with Gasteiger partial charge < -0.3 is 9.84 Å². The molecule has 0 fully saturated rings. The fourth-order valence-electron chi connectivity index (χ4n) is 1.69. The number of pyridine rings is 1. The van der Waals surface area contributed by atoms with Crippen molar-refractivity contribution >= 4 is 5.97 Å². The average molecular weight is 227 g/mol. The highest BCUT2D eigenvalue weighted by Gasteiger charge is 2.39. The van der Waals surface area contributed by atoms with Gasteiger partial charge in [0, 0.05) is 18.7 Å². The molecule has 16 heavy (non-hydrogen) atoms. The highest BCUT2D eigenvalue weighted by atomic mass is 19.1. The third-order valence-electron chi connectivity index (χ3n) is 2.48. The number of carboxylic acid groups (broad SMARTS) is 1. The molecule has 0 spiro atoms. The maximum Gasteiger partial charge on any atom is 0.333 e. The minimum atomic E-state index is -1.14. The van der Waals surface area contributed by atoms with Crippen molar-refractivity contribution in [3.05, 3.63) is 29.8 Å². The molecule has 0 aliphatic rings. The number of hydrogen-bond donors (Lipinski definition) is 1. The van der Waals surface area contributed by atoms with Gasteiger partial charge in [0.15, 0.2) is 6.10 Å². The van der Waals surface area contributed by atoms with Crippen LogP contribution in [0.3, 0.4) is 0 Å². The molecule has 0 bridgehead atoms. The van der Waals surface area contributed by atoms with Gasteiger partial charge >= 0.3 is 5.97 Å². The maximum absolute atomic E-state index is 13.5. The Morgan fingerprint density at radius 3 is 2.69 bits per heavy atom. The molecule has 1 aromatic heterocycles. The molecule has 1 N–H and O–H groups in total. The van der Waals surface area contributed by atoms with Crippen LogP contribution in [0.15, 0.2) is 18.3 Å². The number of ether oxygens (including phenoxy) is 1. The van der Waals surface area contributed by atoms with Gasteiger partial charge in [0.05, 0.1) is 5.69 Å². The van der Waals surface area contributed by atoms with Crippen LogP contribution < -0.4 is 0 Å². The monoisotopic (exact) mass is 227 g/mol. The Labute approximate surface area is 93.1 Å². The third-order valence-corrected chi connectivity index (χ3v) is 2.48.